The molecule has 7 heteroatoms. The highest BCUT2D eigenvalue weighted by molar-refractivity contribution is 9.10. The standard InChI is InChI=1S/C14H18BrN5O/c1-4-11-12(8-20(3)19-11)18-14(21)10-6-9(15)7-17-13(10)16-5-2/h6-8H,4-5H2,1-3H3,(H,16,17)(H,18,21). The minimum absolute atomic E-state index is 0.206. The average molecular weight is 352 g/mol. The molecular formula is C14H18BrN5O. The number of hydrogen-bond acceptors (Lipinski definition) is 4. The number of amides is 1. The Kier molecular flexibility index (Phi) is 4.95. The molecule has 6 nitrogen and oxygen atoms in total. The Labute approximate surface area is 132 Å². The van der Waals surface area contributed by atoms with Crippen LogP contribution in [0.5, 0.6) is 0 Å². The molecule has 0 saturated carbocycles. The lowest BCUT2D eigenvalue weighted by molar-refractivity contribution is 0.102. The summed E-state index contributed by atoms with van der Waals surface area (Å²) >= 11 is 3.35. The summed E-state index contributed by atoms with van der Waals surface area (Å²) in [6.45, 7) is 4.66. The van der Waals surface area contributed by atoms with Crippen molar-refractivity contribution in [3.63, 3.8) is 0 Å². The highest BCUT2D eigenvalue weighted by Crippen LogP contribution is 2.21. The minimum Gasteiger partial charge on any atom is -0.370 e. The molecule has 0 saturated heterocycles. The summed E-state index contributed by atoms with van der Waals surface area (Å²) in [5, 5.41) is 10.3. The van der Waals surface area contributed by atoms with E-state index in [2.05, 4.69) is 36.6 Å². The molecule has 0 fully saturated rings. The van der Waals surface area contributed by atoms with Gasteiger partial charge in [-0.05, 0) is 35.3 Å². The zero-order valence-electron chi connectivity index (χ0n) is 12.3. The van der Waals surface area contributed by atoms with Crippen LogP contribution in [0, 0.1) is 0 Å². The van der Waals surface area contributed by atoms with Crippen LogP contribution in [-0.2, 0) is 13.5 Å². The molecule has 0 aliphatic rings. The third kappa shape index (κ3) is 3.60. The van der Waals surface area contributed by atoms with Crippen LogP contribution < -0.4 is 10.6 Å². The Balaban J connectivity index is 2.29. The predicted octanol–water partition coefficient (Wildman–Crippen LogP) is 2.82. The highest BCUT2D eigenvalue weighted by Gasteiger charge is 2.16. The van der Waals surface area contributed by atoms with Crippen molar-refractivity contribution >= 4 is 33.3 Å². The van der Waals surface area contributed by atoms with E-state index in [0.717, 1.165) is 22.3 Å². The van der Waals surface area contributed by atoms with E-state index in [1.807, 2.05) is 20.9 Å². The summed E-state index contributed by atoms with van der Waals surface area (Å²) in [5.74, 6) is 0.364. The maximum absolute atomic E-state index is 12.5. The van der Waals surface area contributed by atoms with Crippen LogP contribution in [0.25, 0.3) is 0 Å². The third-order valence-electron chi connectivity index (χ3n) is 2.93. The molecule has 0 spiro atoms. The van der Waals surface area contributed by atoms with Crippen LogP contribution in [0.1, 0.15) is 29.9 Å². The fourth-order valence-corrected chi connectivity index (χ4v) is 2.34. The second-order valence-electron chi connectivity index (χ2n) is 4.55. The Bertz CT molecular complexity index is 653. The fourth-order valence-electron chi connectivity index (χ4n) is 2.01. The number of halogens is 1. The van der Waals surface area contributed by atoms with E-state index in [9.17, 15) is 4.79 Å². The van der Waals surface area contributed by atoms with Crippen molar-refractivity contribution in [2.24, 2.45) is 7.05 Å². The second kappa shape index (κ2) is 6.71. The SMILES string of the molecule is CCNc1ncc(Br)cc1C(=O)Nc1cn(C)nc1CC. The van der Waals surface area contributed by atoms with E-state index in [4.69, 9.17) is 0 Å². The lowest BCUT2D eigenvalue weighted by Gasteiger charge is -2.10. The average Bonchev–Trinajstić information content (AvgIpc) is 2.80. The molecule has 0 unspecified atom stereocenters. The largest absolute Gasteiger partial charge is 0.370 e. The molecule has 2 aromatic heterocycles. The number of rotatable bonds is 5. The monoisotopic (exact) mass is 351 g/mol. The first-order chi connectivity index (χ1) is 10.0. The van der Waals surface area contributed by atoms with Gasteiger partial charge < -0.3 is 10.6 Å². The molecule has 2 rings (SSSR count). The molecule has 21 heavy (non-hydrogen) atoms. The number of nitrogens with one attached hydrogen (secondary N) is 2. The van der Waals surface area contributed by atoms with Crippen molar-refractivity contribution in [1.29, 1.82) is 0 Å². The summed E-state index contributed by atoms with van der Waals surface area (Å²) in [7, 11) is 1.83. The van der Waals surface area contributed by atoms with Crippen molar-refractivity contribution < 1.29 is 4.79 Å². The van der Waals surface area contributed by atoms with E-state index in [-0.39, 0.29) is 5.91 Å². The Morgan fingerprint density at radius 2 is 2.19 bits per heavy atom. The van der Waals surface area contributed by atoms with Crippen LogP contribution in [0.3, 0.4) is 0 Å². The smallest absolute Gasteiger partial charge is 0.259 e. The molecule has 0 atom stereocenters. The lowest BCUT2D eigenvalue weighted by Crippen LogP contribution is -2.16. The summed E-state index contributed by atoms with van der Waals surface area (Å²) in [4.78, 5) is 16.7. The van der Waals surface area contributed by atoms with Gasteiger partial charge in [0.25, 0.3) is 5.91 Å². The van der Waals surface area contributed by atoms with Gasteiger partial charge in [0.1, 0.15) is 5.82 Å². The lowest BCUT2D eigenvalue weighted by atomic mass is 10.2. The van der Waals surface area contributed by atoms with Gasteiger partial charge in [0, 0.05) is 30.5 Å². The number of aromatic nitrogens is 3. The summed E-state index contributed by atoms with van der Waals surface area (Å²) in [6, 6.07) is 1.75. The molecule has 0 aromatic carbocycles. The van der Waals surface area contributed by atoms with Crippen molar-refractivity contribution in [1.82, 2.24) is 14.8 Å². The van der Waals surface area contributed by atoms with Crippen molar-refractivity contribution in [3.05, 3.63) is 34.2 Å². The van der Waals surface area contributed by atoms with Crippen LogP contribution in [0.2, 0.25) is 0 Å². The molecular weight excluding hydrogens is 334 g/mol. The van der Waals surface area contributed by atoms with Gasteiger partial charge in [-0.15, -0.1) is 0 Å². The first kappa shape index (κ1) is 15.5. The normalized spacial score (nSPS) is 10.5. The van der Waals surface area contributed by atoms with Crippen molar-refractivity contribution in [2.75, 3.05) is 17.2 Å². The topological polar surface area (TPSA) is 71.8 Å². The minimum atomic E-state index is -0.206. The van der Waals surface area contributed by atoms with Gasteiger partial charge in [0.15, 0.2) is 0 Å². The van der Waals surface area contributed by atoms with E-state index >= 15 is 0 Å². The summed E-state index contributed by atoms with van der Waals surface area (Å²) in [6.07, 6.45) is 4.22. The molecule has 2 N–H and O–H groups in total. The molecule has 112 valence electrons. The van der Waals surface area contributed by atoms with Crippen LogP contribution in [0.4, 0.5) is 11.5 Å². The van der Waals surface area contributed by atoms with E-state index in [0.29, 0.717) is 17.9 Å². The van der Waals surface area contributed by atoms with Crippen molar-refractivity contribution in [2.45, 2.75) is 20.3 Å². The van der Waals surface area contributed by atoms with Gasteiger partial charge in [-0.2, -0.15) is 5.10 Å². The third-order valence-corrected chi connectivity index (χ3v) is 3.37. The van der Waals surface area contributed by atoms with Crippen LogP contribution in [0.15, 0.2) is 22.9 Å². The number of anilines is 2. The van der Waals surface area contributed by atoms with Gasteiger partial charge in [-0.3, -0.25) is 9.48 Å². The Morgan fingerprint density at radius 1 is 1.43 bits per heavy atom. The second-order valence-corrected chi connectivity index (χ2v) is 5.47. The molecule has 0 bridgehead atoms. The number of aryl methyl sites for hydroxylation is 2. The number of carbonyl (C=O) groups is 1. The van der Waals surface area contributed by atoms with Gasteiger partial charge in [0.05, 0.1) is 16.9 Å². The summed E-state index contributed by atoms with van der Waals surface area (Å²) in [5.41, 5.74) is 2.09. The highest BCUT2D eigenvalue weighted by atomic mass is 79.9. The van der Waals surface area contributed by atoms with Gasteiger partial charge in [-0.25, -0.2) is 4.98 Å². The van der Waals surface area contributed by atoms with Gasteiger partial charge in [-0.1, -0.05) is 6.92 Å². The fraction of sp³-hybridized carbons (Fsp3) is 0.357. The number of hydrogen-bond donors (Lipinski definition) is 2. The zero-order chi connectivity index (χ0) is 15.4. The van der Waals surface area contributed by atoms with Crippen LogP contribution in [-0.4, -0.2) is 27.2 Å². The number of pyridine rings is 1. The molecule has 1 amide bonds. The first-order valence-electron chi connectivity index (χ1n) is 6.78. The number of carbonyl (C=O) groups excluding carboxylic acids is 1. The quantitative estimate of drug-likeness (QED) is 0.868. The Hall–Kier alpha value is -1.89. The maximum atomic E-state index is 12.5. The van der Waals surface area contributed by atoms with E-state index in [1.165, 1.54) is 0 Å². The Morgan fingerprint density at radius 3 is 2.86 bits per heavy atom. The van der Waals surface area contributed by atoms with Crippen LogP contribution >= 0.6 is 15.9 Å². The van der Waals surface area contributed by atoms with Gasteiger partial charge >= 0.3 is 0 Å². The summed E-state index contributed by atoms with van der Waals surface area (Å²) < 4.78 is 2.45. The maximum Gasteiger partial charge on any atom is 0.259 e. The van der Waals surface area contributed by atoms with E-state index in [1.54, 1.807) is 23.1 Å². The molecule has 2 heterocycles. The van der Waals surface area contributed by atoms with E-state index < -0.39 is 0 Å². The molecule has 0 radical (unpaired) electrons. The van der Waals surface area contributed by atoms with Crippen molar-refractivity contribution in [3.8, 4) is 0 Å². The van der Waals surface area contributed by atoms with Gasteiger partial charge in [0.2, 0.25) is 0 Å². The number of nitrogens with zero attached hydrogens (tertiary/aromatic N) is 3. The molecule has 2 aromatic rings. The molecule has 0 aliphatic carbocycles. The molecule has 0 aliphatic heterocycles. The zero-order valence-corrected chi connectivity index (χ0v) is 13.9. The first-order valence-corrected chi connectivity index (χ1v) is 7.57. The predicted molar refractivity (Wildman–Crippen MR) is 86.6 cm³/mol.